The van der Waals surface area contributed by atoms with Gasteiger partial charge in [0, 0.05) is 46.8 Å². The summed E-state index contributed by atoms with van der Waals surface area (Å²) < 4.78 is 19.8. The fraction of sp³-hybridized carbons (Fsp3) is 0.0222. The Balaban J connectivity index is 1.11. The van der Waals surface area contributed by atoms with E-state index in [0.717, 1.165) is 90.8 Å². The summed E-state index contributed by atoms with van der Waals surface area (Å²) in [4.78, 5) is 23.2. The maximum Gasteiger partial charge on any atom is 0.151 e. The van der Waals surface area contributed by atoms with Gasteiger partial charge in [0.25, 0.3) is 0 Å². The Labute approximate surface area is 309 Å². The van der Waals surface area contributed by atoms with Crippen LogP contribution in [0.2, 0.25) is 0 Å². The third-order valence-electron chi connectivity index (χ3n) is 10.8. The molecule has 9 nitrogen and oxygen atoms in total. The summed E-state index contributed by atoms with van der Waals surface area (Å²) in [6.45, 7) is 0. The maximum absolute atomic E-state index is 7.11. The van der Waals surface area contributed by atoms with E-state index in [1.807, 2.05) is 85.2 Å². The number of para-hydroxylation sites is 8. The number of nitrogens with zero attached hydrogens (tertiary/aromatic N) is 6. The molecule has 1 spiro atoms. The van der Waals surface area contributed by atoms with Crippen LogP contribution in [0.15, 0.2) is 159 Å². The van der Waals surface area contributed by atoms with Crippen molar-refractivity contribution in [2.75, 3.05) is 9.80 Å². The van der Waals surface area contributed by atoms with Crippen LogP contribution in [0, 0.1) is 0 Å². The van der Waals surface area contributed by atoms with Gasteiger partial charge in [0.05, 0.1) is 50.9 Å². The fourth-order valence-electron chi connectivity index (χ4n) is 8.63. The Hall–Kier alpha value is -7.52. The first kappa shape index (κ1) is 29.1. The second-order valence-corrected chi connectivity index (χ2v) is 13.5. The van der Waals surface area contributed by atoms with Gasteiger partial charge in [-0.2, -0.15) is 0 Å². The molecule has 54 heavy (non-hydrogen) atoms. The molecule has 5 heterocycles. The van der Waals surface area contributed by atoms with Crippen LogP contribution in [-0.2, 0) is 5.41 Å². The average Bonchev–Trinajstić information content (AvgIpc) is 3.52. The number of rotatable bonds is 2. The van der Waals surface area contributed by atoms with Crippen LogP contribution < -0.4 is 24.0 Å². The summed E-state index contributed by atoms with van der Waals surface area (Å²) in [5.41, 5.74) is 10.1. The Bertz CT molecular complexity index is 2590. The molecule has 12 rings (SSSR count). The Morgan fingerprint density at radius 1 is 0.389 bits per heavy atom. The molecule has 254 valence electrons. The molecule has 0 bridgehead atoms. The monoisotopic (exact) mass is 698 g/mol. The molecule has 6 aromatic carbocycles. The predicted molar refractivity (Wildman–Crippen MR) is 205 cm³/mol. The number of ether oxygens (including phenoxy) is 3. The van der Waals surface area contributed by atoms with Gasteiger partial charge in [-0.15, -0.1) is 0 Å². The molecule has 2 aromatic heterocycles. The lowest BCUT2D eigenvalue weighted by atomic mass is 9.67. The summed E-state index contributed by atoms with van der Waals surface area (Å²) in [7, 11) is 0. The SMILES string of the molecule is c1ccc2c(c1)Oc1ccccc1N2c1ccc2c(c1)Oc1cc(N3c4ccccc4Oc4ccccc43)ccc1C21c2cncnc2-c2ncncc21. The molecule has 0 saturated heterocycles. The number of fused-ring (bicyclic) bond motifs is 13. The van der Waals surface area contributed by atoms with Crippen molar-refractivity contribution in [3.05, 3.63) is 181 Å². The number of hydrogen-bond acceptors (Lipinski definition) is 9. The molecule has 0 saturated carbocycles. The number of hydrogen-bond donors (Lipinski definition) is 0. The lowest BCUT2D eigenvalue weighted by Gasteiger charge is -2.40. The van der Waals surface area contributed by atoms with Crippen molar-refractivity contribution in [3.63, 3.8) is 0 Å². The largest absolute Gasteiger partial charge is 0.457 e. The van der Waals surface area contributed by atoms with Crippen molar-refractivity contribution in [1.29, 1.82) is 0 Å². The molecule has 0 atom stereocenters. The van der Waals surface area contributed by atoms with Crippen molar-refractivity contribution in [2.45, 2.75) is 5.41 Å². The third kappa shape index (κ3) is 3.81. The van der Waals surface area contributed by atoms with Gasteiger partial charge in [-0.05, 0) is 60.7 Å². The van der Waals surface area contributed by atoms with E-state index in [-0.39, 0.29) is 0 Å². The molecule has 3 aliphatic heterocycles. The van der Waals surface area contributed by atoms with Crippen molar-refractivity contribution in [3.8, 4) is 45.9 Å². The Morgan fingerprint density at radius 2 is 0.759 bits per heavy atom. The van der Waals surface area contributed by atoms with Crippen LogP contribution in [-0.4, -0.2) is 19.9 Å². The smallest absolute Gasteiger partial charge is 0.151 e. The molecule has 1 aliphatic carbocycles. The van der Waals surface area contributed by atoms with E-state index in [9.17, 15) is 0 Å². The van der Waals surface area contributed by atoms with Gasteiger partial charge in [-0.25, -0.2) is 19.9 Å². The number of anilines is 6. The molecule has 4 aliphatic rings. The highest BCUT2D eigenvalue weighted by atomic mass is 16.5. The molecule has 0 amide bonds. The molecular weight excluding hydrogens is 673 g/mol. The maximum atomic E-state index is 7.11. The Kier molecular flexibility index (Phi) is 5.79. The Morgan fingerprint density at radius 3 is 1.17 bits per heavy atom. The minimum atomic E-state index is -0.852. The minimum Gasteiger partial charge on any atom is -0.457 e. The first-order valence-corrected chi connectivity index (χ1v) is 17.7. The second-order valence-electron chi connectivity index (χ2n) is 13.5. The van der Waals surface area contributed by atoms with Gasteiger partial charge in [0.2, 0.25) is 0 Å². The predicted octanol–water partition coefficient (Wildman–Crippen LogP) is 10.9. The van der Waals surface area contributed by atoms with Gasteiger partial charge < -0.3 is 24.0 Å². The standard InChI is InChI=1S/C45H26N6O3/c1-5-13-37-33(9-1)50(34-10-2-6-14-38(34)52-37)27-17-19-29-41(21-27)54-42-22-28(51-35-11-3-7-15-39(35)53-40-16-8-4-12-36(40)51)18-20-30(42)45(29)31-23-46-25-48-43(31)44-32(45)24-47-26-49-44/h1-26H. The van der Waals surface area contributed by atoms with E-state index in [1.165, 1.54) is 0 Å². The molecular formula is C45H26N6O3. The van der Waals surface area contributed by atoms with E-state index in [2.05, 4.69) is 80.4 Å². The highest BCUT2D eigenvalue weighted by molar-refractivity contribution is 5.91. The van der Waals surface area contributed by atoms with Crippen LogP contribution in [0.3, 0.4) is 0 Å². The van der Waals surface area contributed by atoms with Crippen molar-refractivity contribution in [2.24, 2.45) is 0 Å². The minimum absolute atomic E-state index is 0.702. The third-order valence-corrected chi connectivity index (χ3v) is 10.8. The fourth-order valence-corrected chi connectivity index (χ4v) is 8.63. The van der Waals surface area contributed by atoms with Gasteiger partial charge in [-0.1, -0.05) is 60.7 Å². The molecule has 0 fully saturated rings. The lowest BCUT2D eigenvalue weighted by Crippen LogP contribution is -2.33. The van der Waals surface area contributed by atoms with Gasteiger partial charge in [-0.3, -0.25) is 0 Å². The number of benzene rings is 6. The summed E-state index contributed by atoms with van der Waals surface area (Å²) in [6, 6.07) is 45.2. The number of aromatic nitrogens is 4. The quantitative estimate of drug-likeness (QED) is 0.175. The van der Waals surface area contributed by atoms with Crippen molar-refractivity contribution in [1.82, 2.24) is 19.9 Å². The summed E-state index contributed by atoms with van der Waals surface area (Å²) in [5.74, 6) is 4.52. The van der Waals surface area contributed by atoms with Crippen molar-refractivity contribution < 1.29 is 14.2 Å². The molecule has 0 unspecified atom stereocenters. The van der Waals surface area contributed by atoms with E-state index >= 15 is 0 Å². The average molecular weight is 699 g/mol. The van der Waals surface area contributed by atoms with Gasteiger partial charge in [0.15, 0.2) is 23.0 Å². The zero-order valence-corrected chi connectivity index (χ0v) is 28.4. The van der Waals surface area contributed by atoms with Gasteiger partial charge in [0.1, 0.15) is 24.2 Å². The van der Waals surface area contributed by atoms with E-state index < -0.39 is 5.41 Å². The lowest BCUT2D eigenvalue weighted by molar-refractivity contribution is 0.435. The van der Waals surface area contributed by atoms with Crippen molar-refractivity contribution >= 4 is 34.1 Å². The normalized spacial score (nSPS) is 14.4. The van der Waals surface area contributed by atoms with Crippen LogP contribution in [0.4, 0.5) is 34.1 Å². The van der Waals surface area contributed by atoms with Crippen LogP contribution >= 0.6 is 0 Å². The van der Waals surface area contributed by atoms with Crippen LogP contribution in [0.5, 0.6) is 34.5 Å². The molecule has 8 aromatic rings. The molecule has 0 radical (unpaired) electrons. The van der Waals surface area contributed by atoms with E-state index in [0.29, 0.717) is 11.5 Å². The zero-order valence-electron chi connectivity index (χ0n) is 28.4. The zero-order chi connectivity index (χ0) is 35.4. The highest BCUT2D eigenvalue weighted by Gasteiger charge is 2.53. The second kappa shape index (κ2) is 10.8. The van der Waals surface area contributed by atoms with E-state index in [1.54, 1.807) is 12.7 Å². The first-order valence-electron chi connectivity index (χ1n) is 17.7. The summed E-state index contributed by atoms with van der Waals surface area (Å²) in [6.07, 6.45) is 6.98. The molecule has 9 heteroatoms. The van der Waals surface area contributed by atoms with Crippen LogP contribution in [0.1, 0.15) is 22.3 Å². The summed E-state index contributed by atoms with van der Waals surface area (Å²) >= 11 is 0. The summed E-state index contributed by atoms with van der Waals surface area (Å²) in [5, 5.41) is 0. The highest BCUT2D eigenvalue weighted by Crippen LogP contribution is 2.63. The van der Waals surface area contributed by atoms with Crippen LogP contribution in [0.25, 0.3) is 11.4 Å². The van der Waals surface area contributed by atoms with Gasteiger partial charge >= 0.3 is 0 Å². The topological polar surface area (TPSA) is 85.7 Å². The van der Waals surface area contributed by atoms with E-state index in [4.69, 9.17) is 24.2 Å². The first-order chi connectivity index (χ1) is 26.8. The molecule has 0 N–H and O–H groups in total.